The Morgan fingerprint density at radius 1 is 1.18 bits per heavy atom. The molecule has 2 atom stereocenters. The number of nitrogens with one attached hydrogen (secondary N) is 1. The molecule has 0 aliphatic carbocycles. The molecule has 2 aromatic rings. The van der Waals surface area contributed by atoms with Crippen LogP contribution in [0.2, 0.25) is 0 Å². The Morgan fingerprint density at radius 3 is 2.68 bits per heavy atom. The quantitative estimate of drug-likeness (QED) is 0.787. The van der Waals surface area contributed by atoms with Crippen molar-refractivity contribution in [1.82, 2.24) is 10.3 Å². The van der Waals surface area contributed by atoms with Gasteiger partial charge >= 0.3 is 0 Å². The maximum atomic E-state index is 9.65. The highest BCUT2D eigenvalue weighted by molar-refractivity contribution is 5.63. The van der Waals surface area contributed by atoms with Crippen LogP contribution in [0.15, 0.2) is 48.8 Å². The minimum atomic E-state index is -0.409. The van der Waals surface area contributed by atoms with Gasteiger partial charge in [0.1, 0.15) is 0 Å². The molecule has 1 heterocycles. The van der Waals surface area contributed by atoms with Gasteiger partial charge in [0.25, 0.3) is 0 Å². The summed E-state index contributed by atoms with van der Waals surface area (Å²) in [4.78, 5) is 4.05. The number of hydrogen-bond acceptors (Lipinski definition) is 4. The molecule has 0 radical (unpaired) electrons. The standard InChI is InChI=1S/C18H24N2O2/c1-14(20-11-8-18(21)13-22-2)16-4-3-5-17(12-16)15-6-9-19-10-7-15/h3-7,9-10,12,14,18,20-21H,8,11,13H2,1-2H3. The van der Waals surface area contributed by atoms with Gasteiger partial charge in [0, 0.05) is 25.5 Å². The highest BCUT2D eigenvalue weighted by atomic mass is 16.5. The normalized spacial score (nSPS) is 13.8. The molecule has 2 unspecified atom stereocenters. The van der Waals surface area contributed by atoms with Crippen molar-refractivity contribution in [3.8, 4) is 11.1 Å². The van der Waals surface area contributed by atoms with Crippen molar-refractivity contribution in [3.05, 3.63) is 54.4 Å². The highest BCUT2D eigenvalue weighted by Crippen LogP contribution is 2.22. The van der Waals surface area contributed by atoms with Crippen molar-refractivity contribution in [3.63, 3.8) is 0 Å². The molecule has 4 heteroatoms. The zero-order valence-electron chi connectivity index (χ0n) is 13.2. The van der Waals surface area contributed by atoms with Crippen LogP contribution in [0.4, 0.5) is 0 Å². The third-order valence-corrected chi connectivity index (χ3v) is 3.69. The van der Waals surface area contributed by atoms with E-state index in [9.17, 15) is 5.11 Å². The molecule has 2 rings (SSSR count). The zero-order chi connectivity index (χ0) is 15.8. The number of hydrogen-bond donors (Lipinski definition) is 2. The Kier molecular flexibility index (Phi) is 6.52. The van der Waals surface area contributed by atoms with Gasteiger partial charge in [-0.25, -0.2) is 0 Å². The van der Waals surface area contributed by atoms with Crippen LogP contribution >= 0.6 is 0 Å². The Balaban J connectivity index is 1.94. The van der Waals surface area contributed by atoms with Gasteiger partial charge in [0.15, 0.2) is 0 Å². The van der Waals surface area contributed by atoms with E-state index in [1.54, 1.807) is 19.5 Å². The van der Waals surface area contributed by atoms with Crippen molar-refractivity contribution in [1.29, 1.82) is 0 Å². The number of ether oxygens (including phenoxy) is 1. The molecule has 1 aromatic carbocycles. The van der Waals surface area contributed by atoms with Crippen LogP contribution in [-0.2, 0) is 4.74 Å². The number of aliphatic hydroxyl groups is 1. The van der Waals surface area contributed by atoms with E-state index < -0.39 is 6.10 Å². The number of benzene rings is 1. The van der Waals surface area contributed by atoms with Crippen molar-refractivity contribution >= 4 is 0 Å². The molecule has 0 amide bonds. The maximum Gasteiger partial charge on any atom is 0.0785 e. The fourth-order valence-electron chi connectivity index (χ4n) is 2.39. The van der Waals surface area contributed by atoms with E-state index in [-0.39, 0.29) is 6.04 Å². The van der Waals surface area contributed by atoms with Crippen molar-refractivity contribution in [2.45, 2.75) is 25.5 Å². The van der Waals surface area contributed by atoms with Crippen molar-refractivity contribution in [2.24, 2.45) is 0 Å². The average molecular weight is 300 g/mol. The van der Waals surface area contributed by atoms with Crippen LogP contribution in [0.5, 0.6) is 0 Å². The fourth-order valence-corrected chi connectivity index (χ4v) is 2.39. The van der Waals surface area contributed by atoms with Crippen molar-refractivity contribution < 1.29 is 9.84 Å². The summed E-state index contributed by atoms with van der Waals surface area (Å²) >= 11 is 0. The van der Waals surface area contributed by atoms with Crippen LogP contribution in [0.25, 0.3) is 11.1 Å². The molecule has 0 saturated carbocycles. The molecule has 0 bridgehead atoms. The number of aliphatic hydroxyl groups excluding tert-OH is 1. The molecule has 0 aliphatic heterocycles. The lowest BCUT2D eigenvalue weighted by Gasteiger charge is -2.17. The second kappa shape index (κ2) is 8.63. The first-order valence-corrected chi connectivity index (χ1v) is 7.61. The molecule has 0 aliphatic rings. The number of rotatable bonds is 8. The largest absolute Gasteiger partial charge is 0.391 e. The lowest BCUT2D eigenvalue weighted by Crippen LogP contribution is -2.25. The number of pyridine rings is 1. The van der Waals surface area contributed by atoms with Gasteiger partial charge in [-0.2, -0.15) is 0 Å². The molecular formula is C18H24N2O2. The monoisotopic (exact) mass is 300 g/mol. The van der Waals surface area contributed by atoms with Gasteiger partial charge in [-0.1, -0.05) is 18.2 Å². The second-order valence-electron chi connectivity index (χ2n) is 5.44. The summed E-state index contributed by atoms with van der Waals surface area (Å²) in [6.45, 7) is 3.27. The molecule has 22 heavy (non-hydrogen) atoms. The van der Waals surface area contributed by atoms with E-state index >= 15 is 0 Å². The Labute approximate surface area is 132 Å². The third-order valence-electron chi connectivity index (χ3n) is 3.69. The summed E-state index contributed by atoms with van der Waals surface area (Å²) in [5.41, 5.74) is 3.59. The summed E-state index contributed by atoms with van der Waals surface area (Å²) in [5, 5.41) is 13.1. The zero-order valence-corrected chi connectivity index (χ0v) is 13.2. The molecule has 0 saturated heterocycles. The molecule has 118 valence electrons. The maximum absolute atomic E-state index is 9.65. The Bertz CT molecular complexity index is 560. The Hall–Kier alpha value is -1.75. The highest BCUT2D eigenvalue weighted by Gasteiger charge is 2.08. The lowest BCUT2D eigenvalue weighted by atomic mass is 10.0. The average Bonchev–Trinajstić information content (AvgIpc) is 2.56. The SMILES string of the molecule is COCC(O)CCNC(C)c1cccc(-c2ccncc2)c1. The van der Waals surface area contributed by atoms with Crippen LogP contribution in [0.3, 0.4) is 0 Å². The van der Waals surface area contributed by atoms with Gasteiger partial charge in [-0.3, -0.25) is 4.98 Å². The number of aromatic nitrogens is 1. The predicted molar refractivity (Wildman–Crippen MR) is 88.6 cm³/mol. The topological polar surface area (TPSA) is 54.4 Å². The summed E-state index contributed by atoms with van der Waals surface area (Å²) < 4.78 is 4.93. The molecule has 0 spiro atoms. The second-order valence-corrected chi connectivity index (χ2v) is 5.44. The third kappa shape index (κ3) is 4.91. The number of nitrogens with zero attached hydrogens (tertiary/aromatic N) is 1. The summed E-state index contributed by atoms with van der Waals surface area (Å²) in [5.74, 6) is 0. The van der Waals surface area contributed by atoms with Crippen LogP contribution < -0.4 is 5.32 Å². The Morgan fingerprint density at radius 2 is 1.95 bits per heavy atom. The molecule has 0 fully saturated rings. The lowest BCUT2D eigenvalue weighted by molar-refractivity contribution is 0.0590. The first-order valence-electron chi connectivity index (χ1n) is 7.61. The fraction of sp³-hybridized carbons (Fsp3) is 0.389. The molecule has 2 N–H and O–H groups in total. The van der Waals surface area contributed by atoms with E-state index in [2.05, 4.69) is 41.5 Å². The molecule has 1 aromatic heterocycles. The van der Waals surface area contributed by atoms with E-state index in [0.29, 0.717) is 13.0 Å². The van der Waals surface area contributed by atoms with E-state index in [1.807, 2.05) is 12.1 Å². The first-order chi connectivity index (χ1) is 10.7. The van der Waals surface area contributed by atoms with Gasteiger partial charge in [0.05, 0.1) is 12.7 Å². The number of methoxy groups -OCH3 is 1. The molecule has 4 nitrogen and oxygen atoms in total. The first kappa shape index (κ1) is 16.6. The van der Waals surface area contributed by atoms with Gasteiger partial charge < -0.3 is 15.2 Å². The van der Waals surface area contributed by atoms with Gasteiger partial charge in [0.2, 0.25) is 0 Å². The molecular weight excluding hydrogens is 276 g/mol. The van der Waals surface area contributed by atoms with Crippen LogP contribution in [0.1, 0.15) is 24.9 Å². The van der Waals surface area contributed by atoms with Gasteiger partial charge in [-0.05, 0) is 54.8 Å². The minimum absolute atomic E-state index is 0.233. The summed E-state index contributed by atoms with van der Waals surface area (Å²) in [6, 6.07) is 12.7. The van der Waals surface area contributed by atoms with E-state index in [4.69, 9.17) is 4.74 Å². The van der Waals surface area contributed by atoms with Crippen LogP contribution in [-0.4, -0.2) is 36.5 Å². The van der Waals surface area contributed by atoms with Gasteiger partial charge in [-0.15, -0.1) is 0 Å². The minimum Gasteiger partial charge on any atom is -0.391 e. The van der Waals surface area contributed by atoms with E-state index in [1.165, 1.54) is 16.7 Å². The van der Waals surface area contributed by atoms with Crippen LogP contribution in [0, 0.1) is 0 Å². The summed E-state index contributed by atoms with van der Waals surface area (Å²) in [7, 11) is 1.60. The smallest absolute Gasteiger partial charge is 0.0785 e. The van der Waals surface area contributed by atoms with Crippen molar-refractivity contribution in [2.75, 3.05) is 20.3 Å². The summed E-state index contributed by atoms with van der Waals surface area (Å²) in [6.07, 6.45) is 3.89. The van der Waals surface area contributed by atoms with E-state index in [0.717, 1.165) is 6.54 Å². The predicted octanol–water partition coefficient (Wildman–Crippen LogP) is 2.80.